The minimum absolute atomic E-state index is 0.0414. The molecule has 6 nitrogen and oxygen atoms in total. The summed E-state index contributed by atoms with van der Waals surface area (Å²) in [6, 6.07) is 4.64. The van der Waals surface area contributed by atoms with Crippen molar-refractivity contribution in [3.63, 3.8) is 0 Å². The Balaban J connectivity index is 2.52. The molecule has 0 N–H and O–H groups in total. The van der Waals surface area contributed by atoms with Crippen LogP contribution >= 0.6 is 11.3 Å². The van der Waals surface area contributed by atoms with E-state index in [1.54, 1.807) is 17.5 Å². The highest BCUT2D eigenvalue weighted by atomic mass is 32.2. The molecule has 0 radical (unpaired) electrons. The zero-order valence-corrected chi connectivity index (χ0v) is 13.8. The van der Waals surface area contributed by atoms with Crippen molar-refractivity contribution >= 4 is 26.5 Å². The van der Waals surface area contributed by atoms with Crippen LogP contribution in [0.5, 0.6) is 11.5 Å². The Morgan fingerprint density at radius 3 is 2.48 bits per heavy atom. The first-order valence-electron chi connectivity index (χ1n) is 6.03. The Kier molecular flexibility index (Phi) is 4.38. The Labute approximate surface area is 128 Å². The van der Waals surface area contributed by atoms with Gasteiger partial charge in [-0.2, -0.15) is 0 Å². The van der Waals surface area contributed by atoms with Gasteiger partial charge in [0, 0.05) is 18.5 Å². The van der Waals surface area contributed by atoms with Gasteiger partial charge in [-0.1, -0.05) is 0 Å². The molecule has 8 heteroatoms. The molecule has 0 fully saturated rings. The van der Waals surface area contributed by atoms with Crippen LogP contribution in [0.3, 0.4) is 0 Å². The minimum Gasteiger partial charge on any atom is -0.497 e. The summed E-state index contributed by atoms with van der Waals surface area (Å²) in [5, 5.41) is 2.20. The average Bonchev–Trinajstić information content (AvgIpc) is 2.92. The molecule has 0 spiro atoms. The Bertz CT molecular complexity index is 740. The quantitative estimate of drug-likeness (QED) is 0.842. The summed E-state index contributed by atoms with van der Waals surface area (Å²) in [6.45, 7) is 1.81. The molecule has 1 aromatic heterocycles. The standard InChI is InChI=1S/C13H16N2O4S2/c1-9-8-20-13(14-9)15(2)21(16,17)12-7-10(18-3)5-6-11(12)19-4/h5-8H,1-4H3. The number of benzene rings is 1. The third kappa shape index (κ3) is 2.96. The normalized spacial score (nSPS) is 11.2. The molecule has 2 rings (SSSR count). The number of aryl methyl sites for hydroxylation is 1. The first-order valence-corrected chi connectivity index (χ1v) is 8.35. The van der Waals surface area contributed by atoms with Crippen LogP contribution in [0, 0.1) is 6.92 Å². The van der Waals surface area contributed by atoms with Crippen LogP contribution in [0.4, 0.5) is 5.13 Å². The summed E-state index contributed by atoms with van der Waals surface area (Å²) >= 11 is 1.27. The number of anilines is 1. The number of methoxy groups -OCH3 is 2. The van der Waals surface area contributed by atoms with Gasteiger partial charge in [0.1, 0.15) is 16.4 Å². The molecular weight excluding hydrogens is 312 g/mol. The second kappa shape index (κ2) is 5.90. The number of aromatic nitrogens is 1. The second-order valence-electron chi connectivity index (χ2n) is 4.26. The first-order chi connectivity index (χ1) is 9.90. The van der Waals surface area contributed by atoms with Crippen molar-refractivity contribution in [1.29, 1.82) is 0 Å². The zero-order valence-electron chi connectivity index (χ0n) is 12.2. The van der Waals surface area contributed by atoms with E-state index in [9.17, 15) is 8.42 Å². The molecule has 21 heavy (non-hydrogen) atoms. The van der Waals surface area contributed by atoms with Crippen LogP contribution in [0.1, 0.15) is 5.69 Å². The molecule has 114 valence electrons. The van der Waals surface area contributed by atoms with E-state index in [0.29, 0.717) is 10.9 Å². The van der Waals surface area contributed by atoms with Crippen molar-refractivity contribution in [3.8, 4) is 11.5 Å². The van der Waals surface area contributed by atoms with E-state index in [-0.39, 0.29) is 10.6 Å². The number of sulfonamides is 1. The monoisotopic (exact) mass is 328 g/mol. The summed E-state index contributed by atoms with van der Waals surface area (Å²) in [4.78, 5) is 4.24. The van der Waals surface area contributed by atoms with Crippen LogP contribution in [0.25, 0.3) is 0 Å². The van der Waals surface area contributed by atoms with Crippen molar-refractivity contribution < 1.29 is 17.9 Å². The topological polar surface area (TPSA) is 68.7 Å². The maximum Gasteiger partial charge on any atom is 0.269 e. The van der Waals surface area contributed by atoms with Crippen molar-refractivity contribution in [3.05, 3.63) is 29.3 Å². The molecule has 0 aliphatic heterocycles. The molecule has 0 saturated carbocycles. The van der Waals surface area contributed by atoms with Gasteiger partial charge < -0.3 is 9.47 Å². The first kappa shape index (κ1) is 15.6. The SMILES string of the molecule is COc1ccc(OC)c(S(=O)(=O)N(C)c2nc(C)cs2)c1. The fraction of sp³-hybridized carbons (Fsp3) is 0.308. The fourth-order valence-electron chi connectivity index (χ4n) is 1.72. The predicted octanol–water partition coefficient (Wildman–Crippen LogP) is 2.29. The van der Waals surface area contributed by atoms with Crippen molar-refractivity contribution in [2.24, 2.45) is 0 Å². The lowest BCUT2D eigenvalue weighted by Crippen LogP contribution is -2.27. The van der Waals surface area contributed by atoms with Crippen LogP contribution in [-0.4, -0.2) is 34.7 Å². The van der Waals surface area contributed by atoms with Crippen LogP contribution in [-0.2, 0) is 10.0 Å². The summed E-state index contributed by atoms with van der Waals surface area (Å²) in [6.07, 6.45) is 0. The van der Waals surface area contributed by atoms with Crippen LogP contribution in [0.15, 0.2) is 28.5 Å². The molecule has 0 saturated heterocycles. The molecule has 0 atom stereocenters. The van der Waals surface area contributed by atoms with E-state index in [1.165, 1.54) is 38.7 Å². The van der Waals surface area contributed by atoms with E-state index in [4.69, 9.17) is 9.47 Å². The van der Waals surface area contributed by atoms with Gasteiger partial charge in [-0.15, -0.1) is 11.3 Å². The summed E-state index contributed by atoms with van der Waals surface area (Å²) < 4.78 is 36.9. The van der Waals surface area contributed by atoms with Gasteiger partial charge in [0.15, 0.2) is 5.13 Å². The highest BCUT2D eigenvalue weighted by Crippen LogP contribution is 2.32. The van der Waals surface area contributed by atoms with Gasteiger partial charge in [0.25, 0.3) is 10.0 Å². The lowest BCUT2D eigenvalue weighted by Gasteiger charge is -2.18. The highest BCUT2D eigenvalue weighted by molar-refractivity contribution is 7.93. The lowest BCUT2D eigenvalue weighted by atomic mass is 10.3. The third-order valence-corrected chi connectivity index (χ3v) is 5.80. The molecule has 1 aromatic carbocycles. The average molecular weight is 328 g/mol. The Morgan fingerprint density at radius 2 is 1.95 bits per heavy atom. The van der Waals surface area contributed by atoms with Crippen molar-refractivity contribution in [2.45, 2.75) is 11.8 Å². The van der Waals surface area contributed by atoms with E-state index >= 15 is 0 Å². The van der Waals surface area contributed by atoms with Gasteiger partial charge in [0.2, 0.25) is 0 Å². The Hall–Kier alpha value is -1.80. The summed E-state index contributed by atoms with van der Waals surface area (Å²) in [7, 11) is 0.590. The van der Waals surface area contributed by atoms with E-state index in [2.05, 4.69) is 4.98 Å². The third-order valence-electron chi connectivity index (χ3n) is 2.89. The minimum atomic E-state index is -3.78. The van der Waals surface area contributed by atoms with Crippen LogP contribution < -0.4 is 13.8 Å². The number of rotatable bonds is 5. The predicted molar refractivity (Wildman–Crippen MR) is 82.0 cm³/mol. The molecular formula is C13H16N2O4S2. The van der Waals surface area contributed by atoms with Gasteiger partial charge in [0.05, 0.1) is 19.9 Å². The number of ether oxygens (including phenoxy) is 2. The largest absolute Gasteiger partial charge is 0.497 e. The molecule has 0 amide bonds. The van der Waals surface area contributed by atoms with Gasteiger partial charge >= 0.3 is 0 Å². The van der Waals surface area contributed by atoms with Crippen LogP contribution in [0.2, 0.25) is 0 Å². The molecule has 1 heterocycles. The number of hydrogen-bond donors (Lipinski definition) is 0. The zero-order chi connectivity index (χ0) is 15.6. The Morgan fingerprint density at radius 1 is 1.24 bits per heavy atom. The smallest absolute Gasteiger partial charge is 0.269 e. The van der Waals surface area contributed by atoms with Gasteiger partial charge in [-0.3, -0.25) is 0 Å². The second-order valence-corrected chi connectivity index (χ2v) is 7.04. The number of nitrogens with zero attached hydrogens (tertiary/aromatic N) is 2. The fourth-order valence-corrected chi connectivity index (χ4v) is 4.03. The highest BCUT2D eigenvalue weighted by Gasteiger charge is 2.27. The van der Waals surface area contributed by atoms with E-state index in [1.807, 2.05) is 6.92 Å². The number of hydrogen-bond acceptors (Lipinski definition) is 6. The molecule has 2 aromatic rings. The van der Waals surface area contributed by atoms with E-state index < -0.39 is 10.0 Å². The maximum atomic E-state index is 12.7. The van der Waals surface area contributed by atoms with E-state index in [0.717, 1.165) is 10.00 Å². The molecule has 0 bridgehead atoms. The molecule has 0 aliphatic carbocycles. The summed E-state index contributed by atoms with van der Waals surface area (Å²) in [5.41, 5.74) is 0.773. The van der Waals surface area contributed by atoms with Crippen molar-refractivity contribution in [2.75, 3.05) is 25.6 Å². The van der Waals surface area contributed by atoms with Gasteiger partial charge in [-0.05, 0) is 19.1 Å². The molecule has 0 aliphatic rings. The van der Waals surface area contributed by atoms with Gasteiger partial charge in [-0.25, -0.2) is 17.7 Å². The van der Waals surface area contributed by atoms with Crippen molar-refractivity contribution in [1.82, 2.24) is 4.98 Å². The molecule has 0 unspecified atom stereocenters. The maximum absolute atomic E-state index is 12.7. The summed E-state index contributed by atoms with van der Waals surface area (Å²) in [5.74, 6) is 0.703. The lowest BCUT2D eigenvalue weighted by molar-refractivity contribution is 0.392. The number of thiazole rings is 1.